The molecule has 4 N–H and O–H groups in total. The minimum Gasteiger partial charge on any atom is -0.502 e. The Morgan fingerprint density at radius 1 is 1.29 bits per heavy atom. The van der Waals surface area contributed by atoms with Gasteiger partial charge in [0.2, 0.25) is 17.4 Å². The summed E-state index contributed by atoms with van der Waals surface area (Å²) in [7, 11) is 2.84. The highest BCUT2D eigenvalue weighted by atomic mass is 16.6. The molecular formula is C21H27N9O5. The van der Waals surface area contributed by atoms with Gasteiger partial charge in [0.05, 0.1) is 26.1 Å². The Morgan fingerprint density at radius 3 is 2.57 bits per heavy atom. The number of aromatic nitrogens is 5. The van der Waals surface area contributed by atoms with Gasteiger partial charge in [0.1, 0.15) is 0 Å². The van der Waals surface area contributed by atoms with E-state index in [0.29, 0.717) is 23.7 Å². The molecule has 35 heavy (non-hydrogen) atoms. The van der Waals surface area contributed by atoms with Gasteiger partial charge in [0, 0.05) is 12.1 Å². The first kappa shape index (κ1) is 23.9. The fourth-order valence-electron chi connectivity index (χ4n) is 3.77. The van der Waals surface area contributed by atoms with Crippen LogP contribution in [0.4, 0.5) is 5.82 Å². The lowest BCUT2D eigenvalue weighted by molar-refractivity contribution is 0.0947. The molecule has 186 valence electrons. The van der Waals surface area contributed by atoms with Gasteiger partial charge in [-0.1, -0.05) is 12.1 Å². The quantitative estimate of drug-likeness (QED) is 0.305. The van der Waals surface area contributed by atoms with E-state index in [2.05, 4.69) is 43.0 Å². The lowest BCUT2D eigenvalue weighted by Crippen LogP contribution is -2.34. The van der Waals surface area contributed by atoms with E-state index in [9.17, 15) is 9.90 Å². The molecule has 2 aromatic heterocycles. The summed E-state index contributed by atoms with van der Waals surface area (Å²) >= 11 is 0. The van der Waals surface area contributed by atoms with Gasteiger partial charge in [-0.3, -0.25) is 9.69 Å². The van der Waals surface area contributed by atoms with Crippen LogP contribution in [0.25, 0.3) is 5.82 Å². The number of likely N-dealkylation sites (tertiary alicyclic amines) is 1. The first-order valence-corrected chi connectivity index (χ1v) is 10.9. The number of piperidine rings is 1. The van der Waals surface area contributed by atoms with Crippen LogP contribution in [0.1, 0.15) is 41.5 Å². The van der Waals surface area contributed by atoms with Gasteiger partial charge < -0.3 is 20.3 Å². The molecule has 0 atom stereocenters. The Hall–Kier alpha value is -4.20. The first-order valence-electron chi connectivity index (χ1n) is 10.9. The summed E-state index contributed by atoms with van der Waals surface area (Å²) in [6.45, 7) is 4.39. The van der Waals surface area contributed by atoms with Gasteiger partial charge in [-0.25, -0.2) is 10.1 Å². The monoisotopic (exact) mass is 485 g/mol. The smallest absolute Gasteiger partial charge is 0.293 e. The third-order valence-corrected chi connectivity index (χ3v) is 5.81. The number of nitrogens with one attached hydrogen (secondary N) is 1. The number of nitrogens with zero attached hydrogens (tertiary/aromatic N) is 7. The Balaban J connectivity index is 1.56. The number of rotatable bonds is 8. The van der Waals surface area contributed by atoms with Crippen molar-refractivity contribution in [3.63, 3.8) is 0 Å². The summed E-state index contributed by atoms with van der Waals surface area (Å²) in [4.78, 5) is 15.2. The van der Waals surface area contributed by atoms with Gasteiger partial charge in [-0.15, -0.1) is 5.10 Å². The van der Waals surface area contributed by atoms with Crippen LogP contribution in [0.5, 0.6) is 17.2 Å². The summed E-state index contributed by atoms with van der Waals surface area (Å²) in [5, 5.41) is 29.5. The molecule has 0 saturated carbocycles. The zero-order valence-corrected chi connectivity index (χ0v) is 19.6. The number of hydrogen-bond donors (Lipinski definition) is 3. The highest BCUT2D eigenvalue weighted by molar-refractivity contribution is 5.94. The number of aromatic hydroxyl groups is 1. The van der Waals surface area contributed by atoms with Gasteiger partial charge >= 0.3 is 0 Å². The van der Waals surface area contributed by atoms with Crippen LogP contribution in [0.2, 0.25) is 0 Å². The van der Waals surface area contributed by atoms with Crippen molar-refractivity contribution in [2.24, 2.45) is 11.0 Å². The van der Waals surface area contributed by atoms with Crippen LogP contribution in [0.15, 0.2) is 21.9 Å². The number of methoxy groups -OCH3 is 2. The Labute approximate surface area is 200 Å². The number of hydrogen-bond acceptors (Lipinski definition) is 12. The van der Waals surface area contributed by atoms with Crippen LogP contribution < -0.4 is 20.6 Å². The van der Waals surface area contributed by atoms with Gasteiger partial charge in [-0.05, 0) is 54.3 Å². The highest BCUT2D eigenvalue weighted by Gasteiger charge is 2.26. The van der Waals surface area contributed by atoms with Crippen molar-refractivity contribution in [3.8, 4) is 23.1 Å². The van der Waals surface area contributed by atoms with E-state index >= 15 is 0 Å². The summed E-state index contributed by atoms with van der Waals surface area (Å²) in [6.07, 6.45) is 3.50. The van der Waals surface area contributed by atoms with Crippen LogP contribution in [-0.2, 0) is 6.54 Å². The molecule has 0 aliphatic carbocycles. The van der Waals surface area contributed by atoms with Crippen LogP contribution in [0, 0.1) is 5.92 Å². The molecule has 3 aromatic rings. The molecule has 1 aliphatic heterocycles. The second kappa shape index (κ2) is 10.4. The van der Waals surface area contributed by atoms with Crippen molar-refractivity contribution < 1.29 is 24.0 Å². The maximum atomic E-state index is 13.0. The summed E-state index contributed by atoms with van der Waals surface area (Å²) in [5.74, 6) is 0.548. The van der Waals surface area contributed by atoms with E-state index in [1.165, 1.54) is 25.1 Å². The molecule has 14 heteroatoms. The van der Waals surface area contributed by atoms with Crippen molar-refractivity contribution >= 4 is 17.9 Å². The molecule has 1 fully saturated rings. The second-order valence-corrected chi connectivity index (χ2v) is 8.20. The summed E-state index contributed by atoms with van der Waals surface area (Å²) in [5.41, 5.74) is 9.40. The molecule has 1 aromatic carbocycles. The number of nitrogens with two attached hydrogens (primary N) is 1. The maximum absolute atomic E-state index is 13.0. The molecule has 3 heterocycles. The number of carbonyl (C=O) groups is 1. The summed E-state index contributed by atoms with van der Waals surface area (Å²) < 4.78 is 16.3. The van der Waals surface area contributed by atoms with E-state index in [4.69, 9.17) is 19.8 Å². The highest BCUT2D eigenvalue weighted by Crippen LogP contribution is 2.36. The van der Waals surface area contributed by atoms with Crippen LogP contribution >= 0.6 is 0 Å². The third kappa shape index (κ3) is 5.16. The van der Waals surface area contributed by atoms with E-state index in [0.717, 1.165) is 25.9 Å². The molecule has 0 bridgehead atoms. The van der Waals surface area contributed by atoms with Crippen molar-refractivity contribution in [2.45, 2.75) is 26.3 Å². The predicted octanol–water partition coefficient (Wildman–Crippen LogP) is 0.951. The number of carbonyl (C=O) groups excluding carboxylic acids is 1. The number of amides is 1. The van der Waals surface area contributed by atoms with Gasteiger partial charge in [0.15, 0.2) is 17.2 Å². The third-order valence-electron chi connectivity index (χ3n) is 5.81. The molecule has 0 spiro atoms. The standard InChI is InChI=1S/C21H27N9O5/c1-12-4-6-29(7-5-12)11-14-17(24-28-30(14)20-19(22)26-35-27-20)21(32)25-23-10-13-8-15(33-2)18(31)16(9-13)34-3/h8-10,12,31H,4-7,11H2,1-3H3,(H2,22,26)(H,25,32)/b23-10-. The Bertz CT molecular complexity index is 1190. The average Bonchev–Trinajstić information content (AvgIpc) is 3.46. The lowest BCUT2D eigenvalue weighted by Gasteiger charge is -2.30. The topological polar surface area (TPSA) is 179 Å². The van der Waals surface area contributed by atoms with E-state index in [1.54, 1.807) is 12.1 Å². The minimum atomic E-state index is -0.569. The fraction of sp³-hybridized carbons (Fsp3) is 0.429. The van der Waals surface area contributed by atoms with Crippen molar-refractivity contribution in [1.29, 1.82) is 0 Å². The maximum Gasteiger partial charge on any atom is 0.293 e. The van der Waals surface area contributed by atoms with E-state index in [-0.39, 0.29) is 34.6 Å². The zero-order chi connectivity index (χ0) is 24.9. The van der Waals surface area contributed by atoms with Crippen LogP contribution in [-0.4, -0.2) is 74.7 Å². The number of ether oxygens (including phenoxy) is 2. The molecule has 0 radical (unpaired) electrons. The van der Waals surface area contributed by atoms with Gasteiger partial charge in [-0.2, -0.15) is 9.78 Å². The number of benzene rings is 1. The number of phenolic OH excluding ortho intramolecular Hbond substituents is 1. The normalized spacial score (nSPS) is 14.9. The number of anilines is 1. The predicted molar refractivity (Wildman–Crippen MR) is 124 cm³/mol. The summed E-state index contributed by atoms with van der Waals surface area (Å²) in [6, 6.07) is 3.10. The second-order valence-electron chi connectivity index (χ2n) is 8.20. The van der Waals surface area contributed by atoms with Gasteiger partial charge in [0.25, 0.3) is 5.91 Å². The lowest BCUT2D eigenvalue weighted by atomic mass is 9.99. The first-order chi connectivity index (χ1) is 16.9. The van der Waals surface area contributed by atoms with Crippen molar-refractivity contribution in [1.82, 2.24) is 35.6 Å². The molecular weight excluding hydrogens is 458 g/mol. The SMILES string of the molecule is COc1cc(/C=N\NC(=O)c2nnn(-c3nonc3N)c2CN2CCC(C)CC2)cc(OC)c1O. The Morgan fingerprint density at radius 2 is 1.97 bits per heavy atom. The molecule has 14 nitrogen and oxygen atoms in total. The van der Waals surface area contributed by atoms with Crippen LogP contribution in [0.3, 0.4) is 0 Å². The molecule has 1 amide bonds. The van der Waals surface area contributed by atoms with E-state index < -0.39 is 5.91 Å². The molecule has 0 unspecified atom stereocenters. The molecule has 1 aliphatic rings. The Kier molecular flexibility index (Phi) is 7.10. The van der Waals surface area contributed by atoms with Crippen molar-refractivity contribution in [3.05, 3.63) is 29.1 Å². The average molecular weight is 486 g/mol. The largest absolute Gasteiger partial charge is 0.502 e. The minimum absolute atomic E-state index is 0.0311. The fourth-order valence-corrected chi connectivity index (χ4v) is 3.77. The van der Waals surface area contributed by atoms with Crippen molar-refractivity contribution in [2.75, 3.05) is 33.0 Å². The molecule has 4 rings (SSSR count). The number of nitrogen functional groups attached to an aromatic ring is 1. The number of phenols is 1. The zero-order valence-electron chi connectivity index (χ0n) is 19.6. The number of hydrazone groups is 1. The van der Waals surface area contributed by atoms with E-state index in [1.807, 2.05) is 0 Å². The molecule has 1 saturated heterocycles.